The van der Waals surface area contributed by atoms with E-state index in [1.807, 2.05) is 0 Å². The van der Waals surface area contributed by atoms with Gasteiger partial charge in [-0.25, -0.2) is 4.79 Å². The van der Waals surface area contributed by atoms with Crippen molar-refractivity contribution in [1.29, 1.82) is 0 Å². The summed E-state index contributed by atoms with van der Waals surface area (Å²) >= 11 is 0. The fraction of sp³-hybridized carbons (Fsp3) is 0.188. The second-order valence-electron chi connectivity index (χ2n) is 4.74. The van der Waals surface area contributed by atoms with Crippen LogP contribution in [0.1, 0.15) is 15.9 Å². The molecule has 23 heavy (non-hydrogen) atoms. The number of carbonyl (C=O) groups is 1. The molecule has 1 heterocycles. The molecular formula is C16H11F3O4. The topological polar surface area (TPSA) is 44.8 Å². The molecule has 0 bridgehead atoms. The zero-order chi connectivity index (χ0) is 16.4. The largest absolute Gasteiger partial charge is 0.486 e. The first-order chi connectivity index (χ1) is 10.9. The molecule has 2 aromatic rings. The van der Waals surface area contributed by atoms with Gasteiger partial charge in [0.1, 0.15) is 19.0 Å². The normalized spacial score (nSPS) is 13.5. The van der Waals surface area contributed by atoms with Crippen LogP contribution in [0, 0.1) is 0 Å². The van der Waals surface area contributed by atoms with Crippen molar-refractivity contribution in [2.45, 2.75) is 6.18 Å². The van der Waals surface area contributed by atoms with Crippen molar-refractivity contribution in [3.8, 4) is 17.2 Å². The second-order valence-corrected chi connectivity index (χ2v) is 4.74. The van der Waals surface area contributed by atoms with Crippen LogP contribution in [-0.2, 0) is 6.18 Å². The predicted molar refractivity (Wildman–Crippen MR) is 73.8 cm³/mol. The monoisotopic (exact) mass is 324 g/mol. The predicted octanol–water partition coefficient (Wildman–Crippen LogP) is 3.70. The Hall–Kier alpha value is -2.70. The maximum Gasteiger partial charge on any atom is 0.419 e. The van der Waals surface area contributed by atoms with E-state index >= 15 is 0 Å². The van der Waals surface area contributed by atoms with Crippen molar-refractivity contribution in [3.05, 3.63) is 53.6 Å². The summed E-state index contributed by atoms with van der Waals surface area (Å²) < 4.78 is 54.2. The van der Waals surface area contributed by atoms with Crippen molar-refractivity contribution in [2.24, 2.45) is 0 Å². The zero-order valence-corrected chi connectivity index (χ0v) is 11.7. The van der Waals surface area contributed by atoms with E-state index in [1.165, 1.54) is 30.3 Å². The van der Waals surface area contributed by atoms with Crippen LogP contribution in [-0.4, -0.2) is 19.2 Å². The van der Waals surface area contributed by atoms with Gasteiger partial charge in [-0.15, -0.1) is 0 Å². The first-order valence-corrected chi connectivity index (χ1v) is 6.73. The molecule has 1 aliphatic heterocycles. The molecule has 0 amide bonds. The number of para-hydroxylation sites is 1. The van der Waals surface area contributed by atoms with Gasteiger partial charge >= 0.3 is 12.1 Å². The number of rotatable bonds is 2. The Bertz CT molecular complexity index is 740. The Balaban J connectivity index is 1.85. The number of hydrogen-bond donors (Lipinski definition) is 0. The molecule has 0 saturated heterocycles. The van der Waals surface area contributed by atoms with E-state index in [-0.39, 0.29) is 5.56 Å². The third-order valence-electron chi connectivity index (χ3n) is 3.17. The molecule has 0 fully saturated rings. The Labute approximate surface area is 129 Å². The first kappa shape index (κ1) is 15.2. The second kappa shape index (κ2) is 5.83. The van der Waals surface area contributed by atoms with Gasteiger partial charge in [0.25, 0.3) is 0 Å². The lowest BCUT2D eigenvalue weighted by atomic mass is 10.1. The van der Waals surface area contributed by atoms with E-state index < -0.39 is 23.5 Å². The van der Waals surface area contributed by atoms with Gasteiger partial charge in [0.05, 0.1) is 11.1 Å². The van der Waals surface area contributed by atoms with E-state index in [0.717, 1.165) is 12.1 Å². The number of alkyl halides is 3. The molecule has 7 heteroatoms. The van der Waals surface area contributed by atoms with E-state index in [1.54, 1.807) is 0 Å². The quantitative estimate of drug-likeness (QED) is 0.624. The number of fused-ring (bicyclic) bond motifs is 1. The number of benzene rings is 2. The van der Waals surface area contributed by atoms with E-state index in [4.69, 9.17) is 14.2 Å². The fourth-order valence-corrected chi connectivity index (χ4v) is 2.12. The zero-order valence-electron chi connectivity index (χ0n) is 11.7. The highest BCUT2D eigenvalue weighted by Gasteiger charge is 2.34. The number of halogens is 3. The molecule has 0 atom stereocenters. The number of esters is 1. The van der Waals surface area contributed by atoms with Crippen molar-refractivity contribution in [1.82, 2.24) is 0 Å². The van der Waals surface area contributed by atoms with Gasteiger partial charge in [0, 0.05) is 0 Å². The molecule has 2 aromatic carbocycles. The summed E-state index contributed by atoms with van der Waals surface area (Å²) in [5, 5.41) is 0. The smallest absolute Gasteiger partial charge is 0.419 e. The summed E-state index contributed by atoms with van der Waals surface area (Å²) in [6.07, 6.45) is -4.61. The molecule has 0 spiro atoms. The summed E-state index contributed by atoms with van der Waals surface area (Å²) in [5.41, 5.74) is -0.933. The number of ether oxygens (including phenoxy) is 3. The van der Waals surface area contributed by atoms with Crippen molar-refractivity contribution in [3.63, 3.8) is 0 Å². The molecule has 120 valence electrons. The summed E-state index contributed by atoms with van der Waals surface area (Å²) in [4.78, 5) is 12.1. The van der Waals surface area contributed by atoms with Gasteiger partial charge < -0.3 is 14.2 Å². The van der Waals surface area contributed by atoms with Gasteiger partial charge in [0.15, 0.2) is 11.5 Å². The highest BCUT2D eigenvalue weighted by molar-refractivity contribution is 5.92. The lowest BCUT2D eigenvalue weighted by molar-refractivity contribution is -0.138. The Morgan fingerprint density at radius 2 is 1.70 bits per heavy atom. The summed E-state index contributed by atoms with van der Waals surface area (Å²) in [5.74, 6) is -0.614. The molecule has 0 radical (unpaired) electrons. The Morgan fingerprint density at radius 1 is 1.00 bits per heavy atom. The van der Waals surface area contributed by atoms with Crippen LogP contribution in [0.4, 0.5) is 13.2 Å². The third kappa shape index (κ3) is 3.23. The van der Waals surface area contributed by atoms with Gasteiger partial charge in [-0.1, -0.05) is 12.1 Å². The lowest BCUT2D eigenvalue weighted by Gasteiger charge is -2.18. The van der Waals surface area contributed by atoms with Crippen molar-refractivity contribution >= 4 is 5.97 Å². The van der Waals surface area contributed by atoms with E-state index in [9.17, 15) is 18.0 Å². The van der Waals surface area contributed by atoms with Gasteiger partial charge in [-0.05, 0) is 30.3 Å². The number of hydrogen-bond acceptors (Lipinski definition) is 4. The van der Waals surface area contributed by atoms with Crippen LogP contribution in [0.25, 0.3) is 0 Å². The maximum atomic E-state index is 12.9. The SMILES string of the molecule is O=C(Oc1ccccc1C(F)(F)F)c1ccc2c(c1)OCCO2. The molecule has 0 aliphatic carbocycles. The van der Waals surface area contributed by atoms with Gasteiger partial charge in [0.2, 0.25) is 0 Å². The van der Waals surface area contributed by atoms with Crippen molar-refractivity contribution < 1.29 is 32.2 Å². The molecule has 1 aliphatic rings. The molecule has 3 rings (SSSR count). The molecule has 4 nitrogen and oxygen atoms in total. The maximum absolute atomic E-state index is 12.9. The van der Waals surface area contributed by atoms with Crippen LogP contribution in [0.2, 0.25) is 0 Å². The van der Waals surface area contributed by atoms with Crippen LogP contribution >= 0.6 is 0 Å². The van der Waals surface area contributed by atoms with E-state index in [2.05, 4.69) is 0 Å². The van der Waals surface area contributed by atoms with Crippen LogP contribution in [0.15, 0.2) is 42.5 Å². The summed E-state index contributed by atoms with van der Waals surface area (Å²) in [6.45, 7) is 0.734. The molecule has 0 saturated carbocycles. The minimum atomic E-state index is -4.61. The number of carbonyl (C=O) groups excluding carboxylic acids is 1. The van der Waals surface area contributed by atoms with Crippen molar-refractivity contribution in [2.75, 3.05) is 13.2 Å². The molecule has 0 aromatic heterocycles. The van der Waals surface area contributed by atoms with Crippen LogP contribution in [0.3, 0.4) is 0 Å². The fourth-order valence-electron chi connectivity index (χ4n) is 2.12. The minimum Gasteiger partial charge on any atom is -0.486 e. The molecular weight excluding hydrogens is 313 g/mol. The third-order valence-corrected chi connectivity index (χ3v) is 3.17. The van der Waals surface area contributed by atoms with Crippen LogP contribution in [0.5, 0.6) is 17.2 Å². The standard InChI is InChI=1S/C16H11F3O4/c17-16(18,19)11-3-1-2-4-12(11)23-15(20)10-5-6-13-14(9-10)22-8-7-21-13/h1-6,9H,7-8H2. The highest BCUT2D eigenvalue weighted by atomic mass is 19.4. The Kier molecular flexibility index (Phi) is 3.85. The highest BCUT2D eigenvalue weighted by Crippen LogP contribution is 2.36. The minimum absolute atomic E-state index is 0.0752. The first-order valence-electron chi connectivity index (χ1n) is 6.73. The van der Waals surface area contributed by atoms with E-state index in [0.29, 0.717) is 24.7 Å². The lowest BCUT2D eigenvalue weighted by Crippen LogP contribution is -2.17. The summed E-state index contributed by atoms with van der Waals surface area (Å²) in [7, 11) is 0. The molecule has 0 unspecified atom stereocenters. The van der Waals surface area contributed by atoms with Crippen LogP contribution < -0.4 is 14.2 Å². The average molecular weight is 324 g/mol. The Morgan fingerprint density at radius 3 is 2.43 bits per heavy atom. The van der Waals surface area contributed by atoms with Gasteiger partial charge in [-0.2, -0.15) is 13.2 Å². The average Bonchev–Trinajstić information content (AvgIpc) is 2.54. The molecule has 0 N–H and O–H groups in total. The van der Waals surface area contributed by atoms with Gasteiger partial charge in [-0.3, -0.25) is 0 Å². The summed E-state index contributed by atoms with van der Waals surface area (Å²) in [6, 6.07) is 8.84.